The SMILES string of the molecule is NCCCCCCCCCCC/C=C(\F)C(=O)O. The molecule has 0 radical (unpaired) electrons. The van der Waals surface area contributed by atoms with Crippen molar-refractivity contribution in [2.24, 2.45) is 5.73 Å². The number of hydrogen-bond donors (Lipinski definition) is 2. The molecular formula is C14H26FNO2. The van der Waals surface area contributed by atoms with Crippen molar-refractivity contribution in [1.82, 2.24) is 0 Å². The van der Waals surface area contributed by atoms with Crippen LogP contribution in [-0.4, -0.2) is 17.6 Å². The maximum absolute atomic E-state index is 12.6. The number of nitrogens with two attached hydrogens (primary N) is 1. The highest BCUT2D eigenvalue weighted by atomic mass is 19.1. The van der Waals surface area contributed by atoms with Crippen molar-refractivity contribution in [3.8, 4) is 0 Å². The van der Waals surface area contributed by atoms with E-state index in [-0.39, 0.29) is 0 Å². The van der Waals surface area contributed by atoms with Gasteiger partial charge in [0.05, 0.1) is 0 Å². The Kier molecular flexibility index (Phi) is 11.9. The van der Waals surface area contributed by atoms with E-state index in [1.54, 1.807) is 0 Å². The Labute approximate surface area is 109 Å². The van der Waals surface area contributed by atoms with Crippen LogP contribution in [0.1, 0.15) is 64.2 Å². The molecule has 0 aliphatic rings. The number of carbonyl (C=O) groups is 1. The van der Waals surface area contributed by atoms with Crippen molar-refractivity contribution >= 4 is 5.97 Å². The summed E-state index contributed by atoms with van der Waals surface area (Å²) in [6.45, 7) is 0.792. The Balaban J connectivity index is 3.17. The molecule has 0 aromatic rings. The maximum atomic E-state index is 12.6. The lowest BCUT2D eigenvalue weighted by Crippen LogP contribution is -1.97. The quantitative estimate of drug-likeness (QED) is 0.414. The van der Waals surface area contributed by atoms with Crippen molar-refractivity contribution in [3.63, 3.8) is 0 Å². The first kappa shape index (κ1) is 17.1. The van der Waals surface area contributed by atoms with E-state index in [0.29, 0.717) is 6.42 Å². The summed E-state index contributed by atoms with van der Waals surface area (Å²) in [5, 5.41) is 8.29. The summed E-state index contributed by atoms with van der Waals surface area (Å²) in [6, 6.07) is 0. The van der Waals surface area contributed by atoms with E-state index in [1.807, 2.05) is 0 Å². The second-order valence-corrected chi connectivity index (χ2v) is 4.62. The average Bonchev–Trinajstić information content (AvgIpc) is 2.35. The molecule has 106 valence electrons. The van der Waals surface area contributed by atoms with Gasteiger partial charge >= 0.3 is 5.97 Å². The lowest BCUT2D eigenvalue weighted by Gasteiger charge is -2.01. The summed E-state index contributed by atoms with van der Waals surface area (Å²) >= 11 is 0. The number of carboxylic acid groups (broad SMARTS) is 1. The van der Waals surface area contributed by atoms with Crippen LogP contribution in [0.3, 0.4) is 0 Å². The Hall–Kier alpha value is -0.900. The Morgan fingerprint density at radius 3 is 1.83 bits per heavy atom. The second kappa shape index (κ2) is 12.6. The maximum Gasteiger partial charge on any atom is 0.364 e. The molecule has 3 N–H and O–H groups in total. The van der Waals surface area contributed by atoms with Crippen LogP contribution in [0.15, 0.2) is 11.9 Å². The zero-order chi connectivity index (χ0) is 13.6. The molecule has 0 bridgehead atoms. The molecule has 18 heavy (non-hydrogen) atoms. The van der Waals surface area contributed by atoms with Gasteiger partial charge in [-0.15, -0.1) is 0 Å². The first-order chi connectivity index (χ1) is 8.68. The van der Waals surface area contributed by atoms with Crippen molar-refractivity contribution in [2.75, 3.05) is 6.54 Å². The summed E-state index contributed by atoms with van der Waals surface area (Å²) in [4.78, 5) is 10.2. The Morgan fingerprint density at radius 1 is 0.944 bits per heavy atom. The molecule has 0 aliphatic heterocycles. The summed E-state index contributed by atoms with van der Waals surface area (Å²) < 4.78 is 12.6. The summed E-state index contributed by atoms with van der Waals surface area (Å²) in [5.74, 6) is -2.50. The van der Waals surface area contributed by atoms with Crippen LogP contribution in [0, 0.1) is 0 Å². The van der Waals surface area contributed by atoms with Crippen LogP contribution in [0.25, 0.3) is 0 Å². The number of rotatable bonds is 12. The van der Waals surface area contributed by atoms with Gasteiger partial charge in [-0.2, -0.15) is 4.39 Å². The van der Waals surface area contributed by atoms with E-state index < -0.39 is 11.8 Å². The van der Waals surface area contributed by atoms with Gasteiger partial charge in [-0.3, -0.25) is 0 Å². The zero-order valence-corrected chi connectivity index (χ0v) is 11.2. The van der Waals surface area contributed by atoms with E-state index in [9.17, 15) is 9.18 Å². The molecule has 4 heteroatoms. The predicted molar refractivity (Wildman–Crippen MR) is 72.1 cm³/mol. The molecule has 0 unspecified atom stereocenters. The number of allylic oxidation sites excluding steroid dienone is 1. The molecule has 3 nitrogen and oxygen atoms in total. The normalized spacial score (nSPS) is 11.8. The lowest BCUT2D eigenvalue weighted by atomic mass is 10.1. The highest BCUT2D eigenvalue weighted by molar-refractivity contribution is 5.83. The molecule has 0 aromatic carbocycles. The fourth-order valence-corrected chi connectivity index (χ4v) is 1.84. The van der Waals surface area contributed by atoms with Gasteiger partial charge in [0.15, 0.2) is 0 Å². The largest absolute Gasteiger partial charge is 0.476 e. The summed E-state index contributed by atoms with van der Waals surface area (Å²) in [6.07, 6.45) is 12.1. The fourth-order valence-electron chi connectivity index (χ4n) is 1.84. The van der Waals surface area contributed by atoms with Gasteiger partial charge in [-0.05, 0) is 31.9 Å². The molecule has 0 saturated heterocycles. The van der Waals surface area contributed by atoms with Crippen LogP contribution in [0.5, 0.6) is 0 Å². The van der Waals surface area contributed by atoms with Gasteiger partial charge < -0.3 is 10.8 Å². The zero-order valence-electron chi connectivity index (χ0n) is 11.2. The van der Waals surface area contributed by atoms with Crippen LogP contribution in [0.4, 0.5) is 4.39 Å². The fraction of sp³-hybridized carbons (Fsp3) is 0.786. The van der Waals surface area contributed by atoms with Gasteiger partial charge in [0.25, 0.3) is 0 Å². The molecule has 0 aliphatic carbocycles. The molecule has 0 amide bonds. The van der Waals surface area contributed by atoms with Crippen LogP contribution in [0.2, 0.25) is 0 Å². The van der Waals surface area contributed by atoms with E-state index in [0.717, 1.165) is 38.3 Å². The number of halogens is 1. The summed E-state index contributed by atoms with van der Waals surface area (Å²) in [5.41, 5.74) is 5.41. The van der Waals surface area contributed by atoms with Crippen LogP contribution < -0.4 is 5.73 Å². The van der Waals surface area contributed by atoms with E-state index in [1.165, 1.54) is 32.1 Å². The van der Waals surface area contributed by atoms with Crippen molar-refractivity contribution in [3.05, 3.63) is 11.9 Å². The molecular weight excluding hydrogens is 233 g/mol. The van der Waals surface area contributed by atoms with Crippen molar-refractivity contribution in [1.29, 1.82) is 0 Å². The molecule has 0 rings (SSSR count). The molecule has 0 heterocycles. The average molecular weight is 259 g/mol. The lowest BCUT2D eigenvalue weighted by molar-refractivity contribution is -0.134. The van der Waals surface area contributed by atoms with Gasteiger partial charge in [0.2, 0.25) is 5.83 Å². The monoisotopic (exact) mass is 259 g/mol. The van der Waals surface area contributed by atoms with Crippen molar-refractivity contribution < 1.29 is 14.3 Å². The minimum Gasteiger partial charge on any atom is -0.476 e. The molecule has 0 saturated carbocycles. The van der Waals surface area contributed by atoms with Gasteiger partial charge in [0.1, 0.15) is 0 Å². The summed E-state index contributed by atoms with van der Waals surface area (Å²) in [7, 11) is 0. The van der Waals surface area contributed by atoms with E-state index in [4.69, 9.17) is 10.8 Å². The van der Waals surface area contributed by atoms with Crippen LogP contribution >= 0.6 is 0 Å². The second-order valence-electron chi connectivity index (χ2n) is 4.62. The first-order valence-corrected chi connectivity index (χ1v) is 6.97. The van der Waals surface area contributed by atoms with Gasteiger partial charge in [0, 0.05) is 0 Å². The third-order valence-electron chi connectivity index (χ3n) is 2.94. The molecule has 0 aromatic heterocycles. The first-order valence-electron chi connectivity index (χ1n) is 6.97. The predicted octanol–water partition coefficient (Wildman–Crippen LogP) is 3.78. The standard InChI is InChI=1S/C14H26FNO2/c15-13(14(17)18)11-9-7-5-3-1-2-4-6-8-10-12-16/h11H,1-10,12,16H2,(H,17,18)/b13-11-. The van der Waals surface area contributed by atoms with E-state index in [2.05, 4.69) is 0 Å². The Bertz CT molecular complexity index is 242. The van der Waals surface area contributed by atoms with Crippen molar-refractivity contribution in [2.45, 2.75) is 64.2 Å². The smallest absolute Gasteiger partial charge is 0.364 e. The third-order valence-corrected chi connectivity index (χ3v) is 2.94. The Morgan fingerprint density at radius 2 is 1.39 bits per heavy atom. The molecule has 0 atom stereocenters. The molecule has 0 fully saturated rings. The van der Waals surface area contributed by atoms with Gasteiger partial charge in [-0.25, -0.2) is 4.79 Å². The number of carboxylic acids is 1. The number of unbranched alkanes of at least 4 members (excludes halogenated alkanes) is 9. The number of hydrogen-bond acceptors (Lipinski definition) is 2. The minimum atomic E-state index is -1.47. The van der Waals surface area contributed by atoms with Gasteiger partial charge in [-0.1, -0.05) is 44.9 Å². The highest BCUT2D eigenvalue weighted by Crippen LogP contribution is 2.11. The minimum absolute atomic E-state index is 0.522. The topological polar surface area (TPSA) is 63.3 Å². The van der Waals surface area contributed by atoms with E-state index >= 15 is 0 Å². The third kappa shape index (κ3) is 11.6. The molecule has 0 spiro atoms. The van der Waals surface area contributed by atoms with Crippen LogP contribution in [-0.2, 0) is 4.79 Å². The highest BCUT2D eigenvalue weighted by Gasteiger charge is 2.02. The number of aliphatic carboxylic acids is 1.